The van der Waals surface area contributed by atoms with Gasteiger partial charge >= 0.3 is 0 Å². The quantitative estimate of drug-likeness (QED) is 0.474. The molecule has 2 aromatic carbocycles. The Morgan fingerprint density at radius 3 is 2.73 bits per heavy atom. The van der Waals surface area contributed by atoms with Crippen LogP contribution in [0, 0.1) is 6.92 Å². The van der Waals surface area contributed by atoms with Crippen LogP contribution in [0.15, 0.2) is 70.3 Å². The number of nitrogens with one attached hydrogen (secondary N) is 1. The average molecular weight is 466 g/mol. The molecule has 0 radical (unpaired) electrons. The molecule has 0 bridgehead atoms. The van der Waals surface area contributed by atoms with E-state index in [0.29, 0.717) is 36.2 Å². The molecule has 0 spiro atoms. The molecule has 0 saturated heterocycles. The summed E-state index contributed by atoms with van der Waals surface area (Å²) in [5.74, 6) is -0.166. The van der Waals surface area contributed by atoms with Gasteiger partial charge in [0.2, 0.25) is 0 Å². The first-order chi connectivity index (χ1) is 14.5. The van der Waals surface area contributed by atoms with Crippen molar-refractivity contribution in [2.24, 2.45) is 0 Å². The smallest absolute Gasteiger partial charge is 0.264 e. The van der Waals surface area contributed by atoms with Crippen molar-refractivity contribution in [3.63, 3.8) is 0 Å². The van der Waals surface area contributed by atoms with Gasteiger partial charge in [-0.05, 0) is 30.7 Å². The number of amides is 1. The van der Waals surface area contributed by atoms with Gasteiger partial charge in [0.05, 0.1) is 19.3 Å². The Balaban J connectivity index is 1.45. The Morgan fingerprint density at radius 2 is 1.97 bits per heavy atom. The van der Waals surface area contributed by atoms with Gasteiger partial charge in [-0.15, -0.1) is 0 Å². The zero-order valence-electron chi connectivity index (χ0n) is 16.4. The average Bonchev–Trinajstić information content (AvgIpc) is 3.15. The maximum absolute atomic E-state index is 12.8. The SMILES string of the molecule is Cc1ccc(Cn2cnc3c(cnn3CCNC(=O)c3cccc(Br)c3)c2=O)cc1. The molecule has 8 heteroatoms. The lowest BCUT2D eigenvalue weighted by Crippen LogP contribution is -2.27. The number of carbonyl (C=O) groups excluding carboxylic acids is 1. The van der Waals surface area contributed by atoms with Crippen molar-refractivity contribution < 1.29 is 4.79 Å². The highest BCUT2D eigenvalue weighted by molar-refractivity contribution is 9.10. The van der Waals surface area contributed by atoms with Gasteiger partial charge in [0, 0.05) is 16.6 Å². The number of carbonyl (C=O) groups is 1. The molecule has 1 N–H and O–H groups in total. The normalized spacial score (nSPS) is 11.0. The Kier molecular flexibility index (Phi) is 5.76. The number of nitrogens with zero attached hydrogens (tertiary/aromatic N) is 4. The summed E-state index contributed by atoms with van der Waals surface area (Å²) in [6, 6.07) is 15.2. The molecule has 7 nitrogen and oxygen atoms in total. The lowest BCUT2D eigenvalue weighted by molar-refractivity contribution is 0.0952. The summed E-state index contributed by atoms with van der Waals surface area (Å²) in [6.07, 6.45) is 3.08. The predicted molar refractivity (Wildman–Crippen MR) is 119 cm³/mol. The standard InChI is InChI=1S/C22H20BrN5O2/c1-15-5-7-16(8-6-15)13-27-14-25-20-19(22(27)30)12-26-28(20)10-9-24-21(29)17-3-2-4-18(23)11-17/h2-8,11-12,14H,9-10,13H2,1H3,(H,24,29). The number of aromatic nitrogens is 4. The number of aryl methyl sites for hydroxylation is 1. The van der Waals surface area contributed by atoms with E-state index in [1.165, 1.54) is 11.8 Å². The third-order valence-electron chi connectivity index (χ3n) is 4.79. The fraction of sp³-hybridized carbons (Fsp3) is 0.182. The Morgan fingerprint density at radius 1 is 1.17 bits per heavy atom. The summed E-state index contributed by atoms with van der Waals surface area (Å²) in [6.45, 7) is 3.27. The largest absolute Gasteiger partial charge is 0.350 e. The van der Waals surface area contributed by atoms with Crippen LogP contribution in [0.3, 0.4) is 0 Å². The first-order valence-electron chi connectivity index (χ1n) is 9.51. The minimum absolute atomic E-state index is 0.134. The molecular formula is C22H20BrN5O2. The number of hydrogen-bond donors (Lipinski definition) is 1. The van der Waals surface area contributed by atoms with Gasteiger partial charge in [0.25, 0.3) is 11.5 Å². The van der Waals surface area contributed by atoms with Crippen LogP contribution in [-0.4, -0.2) is 31.8 Å². The number of benzene rings is 2. The van der Waals surface area contributed by atoms with Crippen molar-refractivity contribution in [3.8, 4) is 0 Å². The number of halogens is 1. The second kappa shape index (κ2) is 8.62. The molecule has 0 aliphatic heterocycles. The zero-order chi connectivity index (χ0) is 21.1. The van der Waals surface area contributed by atoms with Crippen molar-refractivity contribution >= 4 is 32.9 Å². The van der Waals surface area contributed by atoms with Crippen molar-refractivity contribution in [1.29, 1.82) is 0 Å². The van der Waals surface area contributed by atoms with E-state index in [2.05, 4.69) is 31.3 Å². The van der Waals surface area contributed by atoms with Crippen LogP contribution in [0.4, 0.5) is 0 Å². The van der Waals surface area contributed by atoms with Gasteiger partial charge in [-0.25, -0.2) is 9.67 Å². The molecule has 0 aliphatic carbocycles. The molecular weight excluding hydrogens is 446 g/mol. The predicted octanol–water partition coefficient (Wildman–Crippen LogP) is 3.14. The van der Waals surface area contributed by atoms with E-state index in [1.54, 1.807) is 27.7 Å². The minimum Gasteiger partial charge on any atom is -0.350 e. The van der Waals surface area contributed by atoms with Gasteiger partial charge in [-0.3, -0.25) is 14.2 Å². The molecule has 0 unspecified atom stereocenters. The van der Waals surface area contributed by atoms with E-state index < -0.39 is 0 Å². The summed E-state index contributed by atoms with van der Waals surface area (Å²) in [5.41, 5.74) is 3.16. The molecule has 4 rings (SSSR count). The molecule has 1 amide bonds. The van der Waals surface area contributed by atoms with Crippen LogP contribution in [-0.2, 0) is 13.1 Å². The fourth-order valence-electron chi connectivity index (χ4n) is 3.17. The minimum atomic E-state index is -0.166. The summed E-state index contributed by atoms with van der Waals surface area (Å²) in [4.78, 5) is 29.5. The van der Waals surface area contributed by atoms with E-state index in [1.807, 2.05) is 43.3 Å². The third-order valence-corrected chi connectivity index (χ3v) is 5.29. The Labute approximate surface area is 181 Å². The van der Waals surface area contributed by atoms with Crippen LogP contribution in [0.2, 0.25) is 0 Å². The first-order valence-corrected chi connectivity index (χ1v) is 10.3. The maximum Gasteiger partial charge on any atom is 0.264 e. The monoisotopic (exact) mass is 465 g/mol. The lowest BCUT2D eigenvalue weighted by Gasteiger charge is -2.08. The van der Waals surface area contributed by atoms with E-state index in [9.17, 15) is 9.59 Å². The topological polar surface area (TPSA) is 81.8 Å². The highest BCUT2D eigenvalue weighted by atomic mass is 79.9. The number of rotatable bonds is 6. The van der Waals surface area contributed by atoms with Crippen molar-refractivity contribution in [3.05, 3.63) is 92.6 Å². The summed E-state index contributed by atoms with van der Waals surface area (Å²) in [7, 11) is 0. The fourth-order valence-corrected chi connectivity index (χ4v) is 3.57. The number of hydrogen-bond acceptors (Lipinski definition) is 4. The maximum atomic E-state index is 12.8. The van der Waals surface area contributed by atoms with Crippen LogP contribution >= 0.6 is 15.9 Å². The molecule has 30 heavy (non-hydrogen) atoms. The third kappa shape index (κ3) is 4.33. The van der Waals surface area contributed by atoms with Crippen molar-refractivity contribution in [2.45, 2.75) is 20.0 Å². The highest BCUT2D eigenvalue weighted by Crippen LogP contribution is 2.11. The molecule has 0 atom stereocenters. The van der Waals surface area contributed by atoms with Gasteiger partial charge in [-0.1, -0.05) is 51.8 Å². The molecule has 4 aromatic rings. The first kappa shape index (κ1) is 20.0. The Hall–Kier alpha value is -3.26. The van der Waals surface area contributed by atoms with Crippen LogP contribution < -0.4 is 10.9 Å². The van der Waals surface area contributed by atoms with E-state index in [4.69, 9.17) is 0 Å². The van der Waals surface area contributed by atoms with Crippen LogP contribution in [0.5, 0.6) is 0 Å². The van der Waals surface area contributed by atoms with Gasteiger partial charge in [0.15, 0.2) is 5.65 Å². The summed E-state index contributed by atoms with van der Waals surface area (Å²) < 4.78 is 4.06. The van der Waals surface area contributed by atoms with Crippen molar-refractivity contribution in [1.82, 2.24) is 24.6 Å². The van der Waals surface area contributed by atoms with Crippen molar-refractivity contribution in [2.75, 3.05) is 6.54 Å². The highest BCUT2D eigenvalue weighted by Gasteiger charge is 2.11. The lowest BCUT2D eigenvalue weighted by atomic mass is 10.1. The molecule has 152 valence electrons. The van der Waals surface area contributed by atoms with E-state index in [0.717, 1.165) is 10.0 Å². The molecule has 2 heterocycles. The Bertz CT molecular complexity index is 1260. The van der Waals surface area contributed by atoms with E-state index >= 15 is 0 Å². The second-order valence-corrected chi connectivity index (χ2v) is 7.95. The summed E-state index contributed by atoms with van der Waals surface area (Å²) >= 11 is 3.36. The van der Waals surface area contributed by atoms with Gasteiger partial charge < -0.3 is 5.32 Å². The van der Waals surface area contributed by atoms with Crippen LogP contribution in [0.1, 0.15) is 21.5 Å². The second-order valence-electron chi connectivity index (χ2n) is 7.03. The number of fused-ring (bicyclic) bond motifs is 1. The zero-order valence-corrected chi connectivity index (χ0v) is 18.0. The molecule has 0 aliphatic rings. The molecule has 0 saturated carbocycles. The molecule has 2 aromatic heterocycles. The van der Waals surface area contributed by atoms with E-state index in [-0.39, 0.29) is 11.5 Å². The van der Waals surface area contributed by atoms with Gasteiger partial charge in [-0.2, -0.15) is 5.10 Å². The molecule has 0 fully saturated rings. The van der Waals surface area contributed by atoms with Gasteiger partial charge in [0.1, 0.15) is 11.7 Å². The summed E-state index contributed by atoms with van der Waals surface area (Å²) in [5, 5.41) is 7.60. The van der Waals surface area contributed by atoms with Crippen LogP contribution in [0.25, 0.3) is 11.0 Å².